The van der Waals surface area contributed by atoms with E-state index < -0.39 is 10.0 Å². The lowest BCUT2D eigenvalue weighted by Crippen LogP contribution is -2.44. The van der Waals surface area contributed by atoms with Crippen molar-refractivity contribution in [2.75, 3.05) is 18.1 Å². The molecule has 1 aromatic rings. The van der Waals surface area contributed by atoms with Crippen molar-refractivity contribution in [1.29, 1.82) is 0 Å². The summed E-state index contributed by atoms with van der Waals surface area (Å²) in [4.78, 5) is 0.241. The van der Waals surface area contributed by atoms with E-state index in [1.54, 1.807) is 28.2 Å². The third-order valence-electron chi connectivity index (χ3n) is 3.08. The Morgan fingerprint density at radius 1 is 1.47 bits per heavy atom. The molecular weight excluding hydrogens is 325 g/mol. The molecule has 1 atom stereocenters. The standard InChI is InChI=1S/C12H15Cl2NO2S2/c1-9-8-18-5-4-15(9)19(16,17)11-3-2-10(7-13)12(14)6-11/h2-3,6,9H,4-5,7-8H2,1H3. The largest absolute Gasteiger partial charge is 0.243 e. The Bertz CT molecular complexity index is 563. The first-order valence-corrected chi connectivity index (χ1v) is 9.41. The minimum absolute atomic E-state index is 0.00947. The van der Waals surface area contributed by atoms with Gasteiger partial charge >= 0.3 is 0 Å². The van der Waals surface area contributed by atoms with Gasteiger partial charge in [-0.3, -0.25) is 0 Å². The van der Waals surface area contributed by atoms with Gasteiger partial charge in [0.1, 0.15) is 0 Å². The second-order valence-electron chi connectivity index (χ2n) is 4.43. The highest BCUT2D eigenvalue weighted by molar-refractivity contribution is 7.99. The van der Waals surface area contributed by atoms with Crippen LogP contribution in [0.25, 0.3) is 0 Å². The molecule has 7 heteroatoms. The number of hydrogen-bond donors (Lipinski definition) is 0. The maximum atomic E-state index is 12.6. The van der Waals surface area contributed by atoms with Gasteiger partial charge in [0.15, 0.2) is 0 Å². The van der Waals surface area contributed by atoms with Crippen LogP contribution in [0.5, 0.6) is 0 Å². The molecule has 1 aliphatic heterocycles. The van der Waals surface area contributed by atoms with Gasteiger partial charge in [-0.1, -0.05) is 17.7 Å². The molecule has 106 valence electrons. The second kappa shape index (κ2) is 6.22. The summed E-state index contributed by atoms with van der Waals surface area (Å²) in [6.45, 7) is 2.47. The maximum absolute atomic E-state index is 12.6. The van der Waals surface area contributed by atoms with Crippen LogP contribution in [0, 0.1) is 0 Å². The van der Waals surface area contributed by atoms with E-state index in [1.807, 2.05) is 6.92 Å². The molecule has 0 aliphatic carbocycles. The van der Waals surface area contributed by atoms with Gasteiger partial charge in [-0.2, -0.15) is 16.1 Å². The van der Waals surface area contributed by atoms with Gasteiger partial charge in [0.2, 0.25) is 10.0 Å². The fourth-order valence-corrected chi connectivity index (χ4v) is 5.50. The Labute approximate surface area is 128 Å². The fourth-order valence-electron chi connectivity index (χ4n) is 2.00. The molecule has 1 aromatic carbocycles. The topological polar surface area (TPSA) is 37.4 Å². The molecule has 3 nitrogen and oxygen atoms in total. The molecule has 1 unspecified atom stereocenters. The highest BCUT2D eigenvalue weighted by atomic mass is 35.5. The zero-order valence-electron chi connectivity index (χ0n) is 10.5. The summed E-state index contributed by atoms with van der Waals surface area (Å²) in [5.74, 6) is 1.93. The van der Waals surface area contributed by atoms with Crippen LogP contribution in [0.2, 0.25) is 5.02 Å². The SMILES string of the molecule is CC1CSCCN1S(=O)(=O)c1ccc(CCl)c(Cl)c1. The summed E-state index contributed by atoms with van der Waals surface area (Å²) in [5, 5.41) is 0.398. The minimum Gasteiger partial charge on any atom is -0.207 e. The second-order valence-corrected chi connectivity index (χ2v) is 8.14. The van der Waals surface area contributed by atoms with E-state index >= 15 is 0 Å². The number of alkyl halides is 1. The lowest BCUT2D eigenvalue weighted by molar-refractivity contribution is 0.367. The van der Waals surface area contributed by atoms with Crippen molar-refractivity contribution in [1.82, 2.24) is 4.31 Å². The van der Waals surface area contributed by atoms with E-state index in [0.29, 0.717) is 11.6 Å². The van der Waals surface area contributed by atoms with Crippen molar-refractivity contribution >= 4 is 45.0 Å². The van der Waals surface area contributed by atoms with Crippen molar-refractivity contribution in [2.24, 2.45) is 0 Å². The summed E-state index contributed by atoms with van der Waals surface area (Å²) in [6, 6.07) is 4.75. The van der Waals surface area contributed by atoms with Gasteiger partial charge in [-0.25, -0.2) is 8.42 Å². The zero-order valence-corrected chi connectivity index (χ0v) is 13.6. The average molecular weight is 340 g/mol. The smallest absolute Gasteiger partial charge is 0.207 e. The van der Waals surface area contributed by atoms with Crippen LogP contribution in [0.4, 0.5) is 0 Å². The van der Waals surface area contributed by atoms with Gasteiger partial charge in [0.05, 0.1) is 4.90 Å². The van der Waals surface area contributed by atoms with Gasteiger partial charge in [-0.15, -0.1) is 11.6 Å². The van der Waals surface area contributed by atoms with E-state index in [-0.39, 0.29) is 16.8 Å². The third-order valence-corrected chi connectivity index (χ3v) is 6.92. The number of rotatable bonds is 3. The molecule has 0 bridgehead atoms. The van der Waals surface area contributed by atoms with Gasteiger partial charge in [0, 0.05) is 35.0 Å². The van der Waals surface area contributed by atoms with E-state index in [2.05, 4.69) is 0 Å². The number of thioether (sulfide) groups is 1. The summed E-state index contributed by atoms with van der Waals surface area (Å²) >= 11 is 13.5. The van der Waals surface area contributed by atoms with Crippen LogP contribution in [-0.4, -0.2) is 36.8 Å². The van der Waals surface area contributed by atoms with E-state index in [0.717, 1.165) is 17.1 Å². The molecular formula is C12H15Cl2NO2S2. The molecule has 2 rings (SSSR count). The van der Waals surface area contributed by atoms with Crippen molar-refractivity contribution in [3.63, 3.8) is 0 Å². The Morgan fingerprint density at radius 3 is 2.79 bits per heavy atom. The van der Waals surface area contributed by atoms with E-state index in [9.17, 15) is 8.42 Å². The summed E-state index contributed by atoms with van der Waals surface area (Å²) in [5.41, 5.74) is 0.740. The van der Waals surface area contributed by atoms with Crippen molar-refractivity contribution in [2.45, 2.75) is 23.7 Å². The first-order valence-electron chi connectivity index (χ1n) is 5.91. The molecule has 1 heterocycles. The lowest BCUT2D eigenvalue weighted by atomic mass is 10.2. The molecule has 1 saturated heterocycles. The van der Waals surface area contributed by atoms with Crippen LogP contribution < -0.4 is 0 Å². The third kappa shape index (κ3) is 3.22. The highest BCUT2D eigenvalue weighted by Gasteiger charge is 2.31. The average Bonchev–Trinajstić information content (AvgIpc) is 2.39. The Hall–Kier alpha value is 0.0600. The summed E-state index contributed by atoms with van der Waals surface area (Å²) in [7, 11) is -3.47. The summed E-state index contributed by atoms with van der Waals surface area (Å²) in [6.07, 6.45) is 0. The molecule has 0 aromatic heterocycles. The Morgan fingerprint density at radius 2 is 2.21 bits per heavy atom. The minimum atomic E-state index is -3.47. The molecule has 1 fully saturated rings. The number of hydrogen-bond acceptors (Lipinski definition) is 3. The van der Waals surface area contributed by atoms with Crippen LogP contribution in [0.15, 0.2) is 23.1 Å². The predicted molar refractivity (Wildman–Crippen MR) is 81.7 cm³/mol. The normalized spacial score (nSPS) is 21.5. The number of sulfonamides is 1. The van der Waals surface area contributed by atoms with Crippen molar-refractivity contribution in [3.8, 4) is 0 Å². The van der Waals surface area contributed by atoms with Crippen LogP contribution in [0.3, 0.4) is 0 Å². The Kier molecular flexibility index (Phi) is 5.06. The van der Waals surface area contributed by atoms with Crippen molar-refractivity contribution in [3.05, 3.63) is 28.8 Å². The number of nitrogens with zero attached hydrogens (tertiary/aromatic N) is 1. The van der Waals surface area contributed by atoms with E-state index in [1.165, 1.54) is 6.07 Å². The predicted octanol–water partition coefficient (Wildman–Crippen LogP) is 3.20. The van der Waals surface area contributed by atoms with Crippen LogP contribution in [-0.2, 0) is 15.9 Å². The molecule has 0 saturated carbocycles. The molecule has 0 N–H and O–H groups in total. The monoisotopic (exact) mass is 339 g/mol. The summed E-state index contributed by atoms with van der Waals surface area (Å²) < 4.78 is 26.7. The molecule has 19 heavy (non-hydrogen) atoms. The Balaban J connectivity index is 2.36. The molecule has 0 spiro atoms. The molecule has 0 amide bonds. The van der Waals surface area contributed by atoms with Gasteiger partial charge < -0.3 is 0 Å². The quantitative estimate of drug-likeness (QED) is 0.793. The van der Waals surface area contributed by atoms with Crippen LogP contribution in [0.1, 0.15) is 12.5 Å². The first kappa shape index (κ1) is 15.4. The highest BCUT2D eigenvalue weighted by Crippen LogP contribution is 2.27. The van der Waals surface area contributed by atoms with Gasteiger partial charge in [0.25, 0.3) is 0 Å². The van der Waals surface area contributed by atoms with Crippen molar-refractivity contribution < 1.29 is 8.42 Å². The van der Waals surface area contributed by atoms with Crippen LogP contribution >= 0.6 is 35.0 Å². The zero-order chi connectivity index (χ0) is 14.0. The lowest BCUT2D eigenvalue weighted by Gasteiger charge is -2.32. The van der Waals surface area contributed by atoms with Gasteiger partial charge in [-0.05, 0) is 24.6 Å². The first-order chi connectivity index (χ1) is 8.96. The molecule has 1 aliphatic rings. The number of benzene rings is 1. The van der Waals surface area contributed by atoms with E-state index in [4.69, 9.17) is 23.2 Å². The fraction of sp³-hybridized carbons (Fsp3) is 0.500. The molecule has 0 radical (unpaired) electrons. The number of halogens is 2. The maximum Gasteiger partial charge on any atom is 0.243 e.